The number of methoxy groups -OCH3 is 1. The average molecular weight is 443 g/mol. The van der Waals surface area contributed by atoms with Crippen LogP contribution >= 0.6 is 23.1 Å². The van der Waals surface area contributed by atoms with E-state index in [9.17, 15) is 4.79 Å². The van der Waals surface area contributed by atoms with Crippen LogP contribution in [-0.2, 0) is 17.8 Å². The highest BCUT2D eigenvalue weighted by Crippen LogP contribution is 2.39. The number of fused-ring (bicyclic) bond motifs is 3. The third-order valence-corrected chi connectivity index (χ3v) is 7.77. The van der Waals surface area contributed by atoms with Gasteiger partial charge in [-0.25, -0.2) is 4.98 Å². The van der Waals surface area contributed by atoms with Crippen molar-refractivity contribution in [3.63, 3.8) is 0 Å². The highest BCUT2D eigenvalue weighted by molar-refractivity contribution is 7.99. The first kappa shape index (κ1) is 21.2. The number of thioether (sulfide) groups is 1. The predicted molar refractivity (Wildman–Crippen MR) is 124 cm³/mol. The molecule has 1 atom stereocenters. The number of benzene rings is 1. The second-order valence-corrected chi connectivity index (χ2v) is 9.96. The Kier molecular flexibility index (Phi) is 5.79. The summed E-state index contributed by atoms with van der Waals surface area (Å²) in [7, 11) is 1.63. The first-order valence-corrected chi connectivity index (χ1v) is 11.8. The zero-order chi connectivity index (χ0) is 21.5. The van der Waals surface area contributed by atoms with Crippen molar-refractivity contribution in [2.75, 3.05) is 12.9 Å². The van der Waals surface area contributed by atoms with E-state index in [1.807, 2.05) is 31.2 Å². The molecule has 0 N–H and O–H groups in total. The Labute approximate surface area is 184 Å². The normalized spacial score (nSPS) is 18.4. The van der Waals surface area contributed by atoms with Gasteiger partial charge in [0, 0.05) is 17.1 Å². The topological polar surface area (TPSA) is 53.4 Å². The molecular formula is C23H26N2O3S2. The standard InChI is InChI=1S/C23H26N2O3S2/c1-6-23(4)11-17-18(12-28-23)30-20-19(17)21(26)25(22(24-20)29-13-14(2)3)15-7-9-16(27-5)10-8-15/h7-10H,2,6,11-13H2,1,3-5H3/t23-/m1/s1. The SMILES string of the molecule is C=C(C)CSc1nc2sc3c(c2c(=O)n1-c1ccc(OC)cc1)C[C@@](C)(CC)OC3. The fourth-order valence-corrected chi connectivity index (χ4v) is 5.57. The number of hydrogen-bond donors (Lipinski definition) is 0. The van der Waals surface area contributed by atoms with Crippen LogP contribution in [0.5, 0.6) is 5.75 Å². The van der Waals surface area contributed by atoms with Crippen molar-refractivity contribution in [1.82, 2.24) is 9.55 Å². The zero-order valence-corrected chi connectivity index (χ0v) is 19.4. The van der Waals surface area contributed by atoms with Crippen LogP contribution in [0.15, 0.2) is 46.4 Å². The molecule has 0 bridgehead atoms. The number of hydrogen-bond acceptors (Lipinski definition) is 6. The van der Waals surface area contributed by atoms with Crippen molar-refractivity contribution in [2.24, 2.45) is 0 Å². The van der Waals surface area contributed by atoms with Crippen molar-refractivity contribution in [2.45, 2.75) is 51.0 Å². The molecule has 0 unspecified atom stereocenters. The summed E-state index contributed by atoms with van der Waals surface area (Å²) < 4.78 is 13.1. The summed E-state index contributed by atoms with van der Waals surface area (Å²) in [4.78, 5) is 20.6. The molecule has 0 radical (unpaired) electrons. The average Bonchev–Trinajstić information content (AvgIpc) is 3.10. The van der Waals surface area contributed by atoms with Gasteiger partial charge in [-0.05, 0) is 50.1 Å². The Morgan fingerprint density at radius 1 is 1.40 bits per heavy atom. The Morgan fingerprint density at radius 3 is 2.77 bits per heavy atom. The van der Waals surface area contributed by atoms with Crippen molar-refractivity contribution >= 4 is 33.3 Å². The molecule has 158 valence electrons. The van der Waals surface area contributed by atoms with Gasteiger partial charge in [-0.3, -0.25) is 9.36 Å². The third-order valence-electron chi connectivity index (χ3n) is 5.51. The Balaban J connectivity index is 1.93. The fraction of sp³-hybridized carbons (Fsp3) is 0.391. The van der Waals surface area contributed by atoms with Crippen LogP contribution in [0.2, 0.25) is 0 Å². The molecule has 1 aliphatic rings. The van der Waals surface area contributed by atoms with E-state index < -0.39 is 0 Å². The Bertz CT molecular complexity index is 1160. The zero-order valence-electron chi connectivity index (χ0n) is 17.8. The molecule has 7 heteroatoms. The minimum absolute atomic E-state index is 0.0211. The van der Waals surface area contributed by atoms with Crippen molar-refractivity contribution < 1.29 is 9.47 Å². The smallest absolute Gasteiger partial charge is 0.267 e. The lowest BCUT2D eigenvalue weighted by molar-refractivity contribution is -0.0543. The Hall–Kier alpha value is -2.09. The molecule has 0 fully saturated rings. The molecular weight excluding hydrogens is 416 g/mol. The lowest BCUT2D eigenvalue weighted by Crippen LogP contribution is -2.34. The Morgan fingerprint density at radius 2 is 2.13 bits per heavy atom. The van der Waals surface area contributed by atoms with Crippen molar-refractivity contribution in [3.05, 3.63) is 57.2 Å². The van der Waals surface area contributed by atoms with Crippen LogP contribution in [0.3, 0.4) is 0 Å². The molecule has 0 amide bonds. The van der Waals surface area contributed by atoms with E-state index in [0.29, 0.717) is 17.5 Å². The van der Waals surface area contributed by atoms with Crippen LogP contribution < -0.4 is 10.3 Å². The molecule has 2 aromatic heterocycles. The summed E-state index contributed by atoms with van der Waals surface area (Å²) in [6, 6.07) is 7.53. The summed E-state index contributed by atoms with van der Waals surface area (Å²) in [5, 5.41) is 1.41. The first-order chi connectivity index (χ1) is 14.3. The van der Waals surface area contributed by atoms with Crippen molar-refractivity contribution in [3.8, 4) is 11.4 Å². The molecule has 30 heavy (non-hydrogen) atoms. The maximum absolute atomic E-state index is 13.8. The second kappa shape index (κ2) is 8.21. The largest absolute Gasteiger partial charge is 0.497 e. The van der Waals surface area contributed by atoms with E-state index in [-0.39, 0.29) is 11.2 Å². The van der Waals surface area contributed by atoms with E-state index in [1.54, 1.807) is 23.0 Å². The minimum Gasteiger partial charge on any atom is -0.497 e. The summed E-state index contributed by atoms with van der Waals surface area (Å²) in [5.41, 5.74) is 2.65. The summed E-state index contributed by atoms with van der Waals surface area (Å²) in [6.45, 7) is 10.8. The number of nitrogens with zero attached hydrogens (tertiary/aromatic N) is 2. The van der Waals surface area contributed by atoms with E-state index in [2.05, 4.69) is 20.4 Å². The number of ether oxygens (including phenoxy) is 2. The highest BCUT2D eigenvalue weighted by atomic mass is 32.2. The van der Waals surface area contributed by atoms with Crippen LogP contribution in [0.1, 0.15) is 37.6 Å². The molecule has 0 spiro atoms. The van der Waals surface area contributed by atoms with Gasteiger partial charge in [0.15, 0.2) is 5.16 Å². The predicted octanol–water partition coefficient (Wildman–Crippen LogP) is 5.37. The summed E-state index contributed by atoms with van der Waals surface area (Å²) >= 11 is 3.11. The summed E-state index contributed by atoms with van der Waals surface area (Å²) in [6.07, 6.45) is 1.63. The molecule has 0 saturated heterocycles. The molecule has 3 aromatic rings. The van der Waals surface area contributed by atoms with Gasteiger partial charge in [-0.2, -0.15) is 0 Å². The van der Waals surface area contributed by atoms with E-state index in [1.165, 1.54) is 11.8 Å². The van der Waals surface area contributed by atoms with Gasteiger partial charge in [0.25, 0.3) is 5.56 Å². The molecule has 3 heterocycles. The first-order valence-electron chi connectivity index (χ1n) is 9.98. The summed E-state index contributed by atoms with van der Waals surface area (Å²) in [5.74, 6) is 1.46. The van der Waals surface area contributed by atoms with Gasteiger partial charge < -0.3 is 9.47 Å². The quantitative estimate of drug-likeness (QED) is 0.292. The maximum atomic E-state index is 13.8. The number of thiophene rings is 1. The molecule has 0 saturated carbocycles. The van der Waals surface area contributed by atoms with Crippen LogP contribution in [-0.4, -0.2) is 28.0 Å². The number of rotatable bonds is 6. The lowest BCUT2D eigenvalue weighted by Gasteiger charge is -2.32. The van der Waals surface area contributed by atoms with Gasteiger partial charge in [0.05, 0.1) is 30.4 Å². The minimum atomic E-state index is -0.244. The van der Waals surface area contributed by atoms with Gasteiger partial charge in [0.2, 0.25) is 0 Å². The van der Waals surface area contributed by atoms with Crippen molar-refractivity contribution in [1.29, 1.82) is 0 Å². The maximum Gasteiger partial charge on any atom is 0.267 e. The van der Waals surface area contributed by atoms with Gasteiger partial charge in [-0.15, -0.1) is 11.3 Å². The van der Waals surface area contributed by atoms with Crippen LogP contribution in [0.4, 0.5) is 0 Å². The lowest BCUT2D eigenvalue weighted by atomic mass is 9.90. The van der Waals surface area contributed by atoms with Gasteiger partial charge >= 0.3 is 0 Å². The third kappa shape index (κ3) is 3.82. The highest BCUT2D eigenvalue weighted by Gasteiger charge is 2.33. The van der Waals surface area contributed by atoms with Crippen LogP contribution in [0.25, 0.3) is 15.9 Å². The monoisotopic (exact) mass is 442 g/mol. The van der Waals surface area contributed by atoms with E-state index in [0.717, 1.165) is 50.5 Å². The van der Waals surface area contributed by atoms with Gasteiger partial charge in [0.1, 0.15) is 10.6 Å². The van der Waals surface area contributed by atoms with Gasteiger partial charge in [-0.1, -0.05) is 30.8 Å². The molecule has 4 rings (SSSR count). The molecule has 1 aliphatic heterocycles. The molecule has 1 aromatic carbocycles. The number of aromatic nitrogens is 2. The fourth-order valence-electron chi connectivity index (χ4n) is 3.57. The van der Waals surface area contributed by atoms with E-state index in [4.69, 9.17) is 14.5 Å². The van der Waals surface area contributed by atoms with E-state index >= 15 is 0 Å². The van der Waals surface area contributed by atoms with Crippen LogP contribution in [0, 0.1) is 0 Å². The second-order valence-electron chi connectivity index (χ2n) is 7.93. The molecule has 5 nitrogen and oxygen atoms in total. The molecule has 0 aliphatic carbocycles.